The monoisotopic (exact) mass is 335 g/mol. The highest BCUT2D eigenvalue weighted by atomic mass is 16.2. The maximum atomic E-state index is 12.5. The van der Waals surface area contributed by atoms with Crippen LogP contribution in [0.15, 0.2) is 55.0 Å². The molecule has 1 fully saturated rings. The van der Waals surface area contributed by atoms with Gasteiger partial charge in [0.2, 0.25) is 5.91 Å². The molecule has 0 spiro atoms. The summed E-state index contributed by atoms with van der Waals surface area (Å²) in [5.41, 5.74) is 1.74. The Kier molecular flexibility index (Phi) is 4.43. The molecule has 0 aliphatic carbocycles. The highest BCUT2D eigenvalue weighted by Gasteiger charge is 2.26. The van der Waals surface area contributed by atoms with Crippen molar-refractivity contribution in [3.63, 3.8) is 0 Å². The van der Waals surface area contributed by atoms with Gasteiger partial charge in [0.25, 0.3) is 0 Å². The second-order valence-corrected chi connectivity index (χ2v) is 6.45. The van der Waals surface area contributed by atoms with Crippen molar-refractivity contribution in [2.24, 2.45) is 0 Å². The lowest BCUT2D eigenvalue weighted by atomic mass is 10.2. The van der Waals surface area contributed by atoms with E-state index in [1.807, 2.05) is 47.3 Å². The molecule has 0 bridgehead atoms. The van der Waals surface area contributed by atoms with E-state index < -0.39 is 0 Å². The van der Waals surface area contributed by atoms with Crippen molar-refractivity contribution in [3.8, 4) is 0 Å². The van der Waals surface area contributed by atoms with Gasteiger partial charge in [-0.25, -0.2) is 0 Å². The van der Waals surface area contributed by atoms with Crippen LogP contribution in [0.5, 0.6) is 0 Å². The summed E-state index contributed by atoms with van der Waals surface area (Å²) in [7, 11) is 0. The number of likely N-dealkylation sites (tertiary alicyclic amines) is 1. The van der Waals surface area contributed by atoms with Crippen LogP contribution in [0.4, 0.5) is 5.69 Å². The van der Waals surface area contributed by atoms with E-state index in [9.17, 15) is 4.79 Å². The number of nitrogens with zero attached hydrogens (tertiary/aromatic N) is 4. The quantitative estimate of drug-likeness (QED) is 0.778. The number of aromatic nitrogens is 3. The lowest BCUT2D eigenvalue weighted by molar-refractivity contribution is -0.117. The molecule has 0 radical (unpaired) electrons. The minimum absolute atomic E-state index is 0.0237. The third-order valence-electron chi connectivity index (χ3n) is 4.69. The fourth-order valence-electron chi connectivity index (χ4n) is 3.47. The summed E-state index contributed by atoms with van der Waals surface area (Å²) < 4.78 is 1.94. The predicted octanol–water partition coefficient (Wildman–Crippen LogP) is 2.53. The first-order chi connectivity index (χ1) is 12.3. The molecule has 1 atom stereocenters. The van der Waals surface area contributed by atoms with E-state index in [0.29, 0.717) is 12.6 Å². The normalized spacial score (nSPS) is 17.8. The van der Waals surface area contributed by atoms with Crippen LogP contribution in [0.25, 0.3) is 10.9 Å². The van der Waals surface area contributed by atoms with Crippen LogP contribution in [0, 0.1) is 0 Å². The predicted molar refractivity (Wildman–Crippen MR) is 97.2 cm³/mol. The second-order valence-electron chi connectivity index (χ2n) is 6.45. The van der Waals surface area contributed by atoms with Crippen molar-refractivity contribution >= 4 is 22.5 Å². The van der Waals surface area contributed by atoms with Crippen LogP contribution < -0.4 is 5.32 Å². The molecule has 128 valence electrons. The zero-order valence-electron chi connectivity index (χ0n) is 14.0. The van der Waals surface area contributed by atoms with Crippen LogP contribution in [-0.2, 0) is 11.3 Å². The van der Waals surface area contributed by atoms with Crippen LogP contribution >= 0.6 is 0 Å². The van der Waals surface area contributed by atoms with E-state index in [1.165, 1.54) is 0 Å². The van der Waals surface area contributed by atoms with Crippen molar-refractivity contribution in [2.45, 2.75) is 25.4 Å². The Balaban J connectivity index is 1.38. The summed E-state index contributed by atoms with van der Waals surface area (Å²) in [6, 6.07) is 12.0. The van der Waals surface area contributed by atoms with Crippen LogP contribution in [0.1, 0.15) is 12.8 Å². The third-order valence-corrected chi connectivity index (χ3v) is 4.69. The van der Waals surface area contributed by atoms with Gasteiger partial charge in [0.15, 0.2) is 0 Å². The number of carbonyl (C=O) groups excluding carboxylic acids is 1. The number of pyridine rings is 1. The van der Waals surface area contributed by atoms with Crippen LogP contribution in [0.2, 0.25) is 0 Å². The number of hydrogen-bond acceptors (Lipinski definition) is 4. The molecule has 0 unspecified atom stereocenters. The summed E-state index contributed by atoms with van der Waals surface area (Å²) in [5.74, 6) is 0.0237. The number of hydrogen-bond donors (Lipinski definition) is 1. The first-order valence-electron chi connectivity index (χ1n) is 8.64. The standard InChI is InChI=1S/C19H21N5O/c25-19(22-16-6-7-18-15(12-16)4-1-8-20-18)14-23-10-2-5-17(23)13-24-11-3-9-21-24/h1,3-4,6-9,11-12,17H,2,5,10,13-14H2,(H,22,25)/t17-/m0/s1. The smallest absolute Gasteiger partial charge is 0.238 e. The average Bonchev–Trinajstić information content (AvgIpc) is 3.28. The van der Waals surface area contributed by atoms with E-state index in [1.54, 1.807) is 12.4 Å². The summed E-state index contributed by atoms with van der Waals surface area (Å²) in [5, 5.41) is 8.31. The highest BCUT2D eigenvalue weighted by Crippen LogP contribution is 2.20. The molecular weight excluding hydrogens is 314 g/mol. The molecule has 1 saturated heterocycles. The number of anilines is 1. The average molecular weight is 335 g/mol. The first kappa shape index (κ1) is 15.8. The number of amides is 1. The van der Waals surface area contributed by atoms with E-state index in [-0.39, 0.29) is 5.91 Å². The van der Waals surface area contributed by atoms with Gasteiger partial charge in [-0.1, -0.05) is 6.07 Å². The molecule has 0 saturated carbocycles. The maximum absolute atomic E-state index is 12.5. The van der Waals surface area contributed by atoms with E-state index >= 15 is 0 Å². The number of carbonyl (C=O) groups is 1. The molecule has 6 nitrogen and oxygen atoms in total. The summed E-state index contributed by atoms with van der Waals surface area (Å²) in [6.07, 6.45) is 7.77. The Bertz CT molecular complexity index is 861. The number of fused-ring (bicyclic) bond motifs is 1. The molecule has 4 rings (SSSR count). The molecule has 3 aromatic rings. The van der Waals surface area contributed by atoms with Crippen molar-refractivity contribution < 1.29 is 4.79 Å². The molecule has 6 heteroatoms. The Morgan fingerprint density at radius 1 is 1.24 bits per heavy atom. The minimum Gasteiger partial charge on any atom is -0.325 e. The van der Waals surface area contributed by atoms with Crippen molar-refractivity contribution in [1.82, 2.24) is 19.7 Å². The lowest BCUT2D eigenvalue weighted by Gasteiger charge is -2.23. The molecule has 1 aliphatic rings. The Morgan fingerprint density at radius 3 is 3.08 bits per heavy atom. The SMILES string of the molecule is O=C(CN1CCC[C@H]1Cn1cccn1)Nc1ccc2ncccc2c1. The molecule has 1 aliphatic heterocycles. The number of nitrogens with one attached hydrogen (secondary N) is 1. The van der Waals surface area contributed by atoms with Gasteiger partial charge in [0.1, 0.15) is 0 Å². The van der Waals surface area contributed by atoms with Gasteiger partial charge in [-0.3, -0.25) is 19.4 Å². The van der Waals surface area contributed by atoms with Gasteiger partial charge in [-0.05, 0) is 49.7 Å². The Labute approximate surface area is 146 Å². The van der Waals surface area contributed by atoms with E-state index in [4.69, 9.17) is 0 Å². The molecular formula is C19H21N5O. The molecule has 1 aromatic carbocycles. The fourth-order valence-corrected chi connectivity index (χ4v) is 3.47. The largest absolute Gasteiger partial charge is 0.325 e. The van der Waals surface area contributed by atoms with Crippen molar-refractivity contribution in [1.29, 1.82) is 0 Å². The minimum atomic E-state index is 0.0237. The van der Waals surface area contributed by atoms with Gasteiger partial charge < -0.3 is 5.32 Å². The van der Waals surface area contributed by atoms with Gasteiger partial charge >= 0.3 is 0 Å². The second kappa shape index (κ2) is 7.03. The number of rotatable bonds is 5. The van der Waals surface area contributed by atoms with Gasteiger partial charge in [-0.15, -0.1) is 0 Å². The summed E-state index contributed by atoms with van der Waals surface area (Å²) >= 11 is 0. The highest BCUT2D eigenvalue weighted by molar-refractivity contribution is 5.94. The lowest BCUT2D eigenvalue weighted by Crippen LogP contribution is -2.39. The zero-order chi connectivity index (χ0) is 17.1. The molecule has 1 amide bonds. The Morgan fingerprint density at radius 2 is 2.20 bits per heavy atom. The van der Waals surface area contributed by atoms with Gasteiger partial charge in [0, 0.05) is 35.7 Å². The van der Waals surface area contributed by atoms with Crippen LogP contribution in [-0.4, -0.2) is 44.7 Å². The van der Waals surface area contributed by atoms with E-state index in [0.717, 1.165) is 42.5 Å². The van der Waals surface area contributed by atoms with Gasteiger partial charge in [-0.2, -0.15) is 5.10 Å². The maximum Gasteiger partial charge on any atom is 0.238 e. The fraction of sp³-hybridized carbons (Fsp3) is 0.316. The molecule has 2 aromatic heterocycles. The van der Waals surface area contributed by atoms with Crippen LogP contribution in [0.3, 0.4) is 0 Å². The van der Waals surface area contributed by atoms with Crippen molar-refractivity contribution in [3.05, 3.63) is 55.0 Å². The topological polar surface area (TPSA) is 63.1 Å². The molecule has 1 N–H and O–H groups in total. The summed E-state index contributed by atoms with van der Waals surface area (Å²) in [4.78, 5) is 19.0. The Hall–Kier alpha value is -2.73. The van der Waals surface area contributed by atoms with Crippen molar-refractivity contribution in [2.75, 3.05) is 18.4 Å². The first-order valence-corrected chi connectivity index (χ1v) is 8.64. The molecule has 3 heterocycles. The zero-order valence-corrected chi connectivity index (χ0v) is 14.0. The number of benzene rings is 1. The van der Waals surface area contributed by atoms with Gasteiger partial charge in [0.05, 0.1) is 18.6 Å². The third kappa shape index (κ3) is 3.69. The summed E-state index contributed by atoms with van der Waals surface area (Å²) in [6.45, 7) is 2.21. The van der Waals surface area contributed by atoms with E-state index in [2.05, 4.69) is 20.3 Å². The molecule has 25 heavy (non-hydrogen) atoms.